The Morgan fingerprint density at radius 2 is 1.90 bits per heavy atom. The third-order valence-electron chi connectivity index (χ3n) is 2.87. The van der Waals surface area contributed by atoms with Gasteiger partial charge in [-0.05, 0) is 13.8 Å². The van der Waals surface area contributed by atoms with Crippen LogP contribution >= 0.6 is 0 Å². The van der Waals surface area contributed by atoms with Crippen molar-refractivity contribution >= 4 is 11.7 Å². The number of nitrogens with zero attached hydrogens (tertiary/aromatic N) is 3. The summed E-state index contributed by atoms with van der Waals surface area (Å²) in [4.78, 5) is 35.2. The van der Waals surface area contributed by atoms with Crippen molar-refractivity contribution in [3.05, 3.63) is 26.4 Å². The van der Waals surface area contributed by atoms with E-state index >= 15 is 0 Å². The maximum Gasteiger partial charge on any atom is 0.332 e. The third-order valence-corrected chi connectivity index (χ3v) is 2.87. The van der Waals surface area contributed by atoms with Crippen LogP contribution in [0.25, 0.3) is 0 Å². The molecule has 0 aromatic carbocycles. The van der Waals surface area contributed by atoms with E-state index in [2.05, 4.69) is 10.6 Å². The fourth-order valence-electron chi connectivity index (χ4n) is 1.84. The Bertz CT molecular complexity index is 693. The topological polar surface area (TPSA) is 109 Å². The van der Waals surface area contributed by atoms with Crippen LogP contribution in [0.4, 0.5) is 5.82 Å². The highest BCUT2D eigenvalue weighted by Crippen LogP contribution is 2.06. The number of carbonyl (C=O) groups is 1. The molecule has 0 fully saturated rings. The van der Waals surface area contributed by atoms with Gasteiger partial charge in [0.1, 0.15) is 11.9 Å². The van der Waals surface area contributed by atoms with E-state index in [1.165, 1.54) is 18.7 Å². The second-order valence-corrected chi connectivity index (χ2v) is 4.94. The maximum atomic E-state index is 11.8. The molecule has 8 heteroatoms. The number of nitrogens with one attached hydrogen (secondary N) is 2. The number of hydrogen-bond donors (Lipinski definition) is 2. The molecule has 21 heavy (non-hydrogen) atoms. The summed E-state index contributed by atoms with van der Waals surface area (Å²) in [7, 11) is 2.77. The van der Waals surface area contributed by atoms with Crippen molar-refractivity contribution in [1.29, 1.82) is 5.26 Å². The van der Waals surface area contributed by atoms with Crippen LogP contribution in [-0.4, -0.2) is 27.6 Å². The molecule has 1 amide bonds. The van der Waals surface area contributed by atoms with Gasteiger partial charge in [-0.25, -0.2) is 4.79 Å². The molecule has 2 N–H and O–H groups in total. The zero-order valence-corrected chi connectivity index (χ0v) is 12.6. The largest absolute Gasteiger partial charge is 0.370 e. The SMILES string of the molecule is CC(C)NC(=O)CCNc1c(C#N)c(=O)n(C)c(=O)n1C. The number of carbonyl (C=O) groups excluding carboxylic acids is 1. The summed E-state index contributed by atoms with van der Waals surface area (Å²) in [5, 5.41) is 14.6. The highest BCUT2D eigenvalue weighted by atomic mass is 16.2. The summed E-state index contributed by atoms with van der Waals surface area (Å²) in [5.74, 6) is -0.0206. The van der Waals surface area contributed by atoms with Crippen LogP contribution < -0.4 is 21.9 Å². The molecule has 8 nitrogen and oxygen atoms in total. The van der Waals surface area contributed by atoms with Crippen LogP contribution in [0.2, 0.25) is 0 Å². The van der Waals surface area contributed by atoms with Crippen molar-refractivity contribution in [2.24, 2.45) is 14.1 Å². The van der Waals surface area contributed by atoms with Crippen LogP contribution in [0.3, 0.4) is 0 Å². The minimum atomic E-state index is -0.658. The molecule has 0 unspecified atom stereocenters. The maximum absolute atomic E-state index is 11.8. The number of nitriles is 1. The van der Waals surface area contributed by atoms with Crippen LogP contribution in [0, 0.1) is 11.3 Å². The Balaban J connectivity index is 2.95. The predicted octanol–water partition coefficient (Wildman–Crippen LogP) is -0.718. The lowest BCUT2D eigenvalue weighted by molar-refractivity contribution is -0.121. The fourth-order valence-corrected chi connectivity index (χ4v) is 1.84. The van der Waals surface area contributed by atoms with Gasteiger partial charge in [0.15, 0.2) is 5.56 Å². The molecular formula is C13H19N5O3. The molecule has 0 atom stereocenters. The fraction of sp³-hybridized carbons (Fsp3) is 0.538. The number of anilines is 1. The monoisotopic (exact) mass is 293 g/mol. The van der Waals surface area contributed by atoms with Gasteiger partial charge in [0.2, 0.25) is 5.91 Å². The predicted molar refractivity (Wildman–Crippen MR) is 78.0 cm³/mol. The molecule has 114 valence electrons. The zero-order valence-electron chi connectivity index (χ0n) is 12.6. The van der Waals surface area contributed by atoms with Crippen molar-refractivity contribution in [1.82, 2.24) is 14.5 Å². The number of amides is 1. The lowest BCUT2D eigenvalue weighted by atomic mass is 10.3. The molecular weight excluding hydrogens is 274 g/mol. The first-order valence-corrected chi connectivity index (χ1v) is 6.53. The summed E-state index contributed by atoms with van der Waals surface area (Å²) in [6.07, 6.45) is 0.173. The molecule has 0 saturated carbocycles. The summed E-state index contributed by atoms with van der Waals surface area (Å²) < 4.78 is 2.05. The van der Waals surface area contributed by atoms with E-state index in [9.17, 15) is 14.4 Å². The van der Waals surface area contributed by atoms with Gasteiger partial charge in [0, 0.05) is 33.1 Å². The highest BCUT2D eigenvalue weighted by Gasteiger charge is 2.15. The van der Waals surface area contributed by atoms with Gasteiger partial charge < -0.3 is 10.6 Å². The number of rotatable bonds is 5. The molecule has 1 rings (SSSR count). The Hall–Kier alpha value is -2.56. The number of hydrogen-bond acceptors (Lipinski definition) is 5. The molecule has 0 radical (unpaired) electrons. The molecule has 0 bridgehead atoms. The van der Waals surface area contributed by atoms with E-state index in [4.69, 9.17) is 5.26 Å². The molecule has 1 aromatic rings. The van der Waals surface area contributed by atoms with Crippen LogP contribution in [-0.2, 0) is 18.9 Å². The standard InChI is InChI=1S/C13H19N5O3/c1-8(2)16-10(19)5-6-15-11-9(7-14)12(20)18(4)13(21)17(11)3/h8,15H,5-6H2,1-4H3,(H,16,19). The Morgan fingerprint density at radius 3 is 2.43 bits per heavy atom. The molecule has 0 saturated heterocycles. The van der Waals surface area contributed by atoms with Crippen LogP contribution in [0.5, 0.6) is 0 Å². The molecule has 0 aliphatic rings. The minimum absolute atomic E-state index is 0.0422. The van der Waals surface area contributed by atoms with Crippen molar-refractivity contribution < 1.29 is 4.79 Å². The van der Waals surface area contributed by atoms with E-state index in [1.807, 2.05) is 13.8 Å². The zero-order chi connectivity index (χ0) is 16.2. The number of aromatic nitrogens is 2. The highest BCUT2D eigenvalue weighted by molar-refractivity contribution is 5.76. The average Bonchev–Trinajstić information content (AvgIpc) is 2.41. The van der Waals surface area contributed by atoms with Gasteiger partial charge in [0.25, 0.3) is 5.56 Å². The Morgan fingerprint density at radius 1 is 1.29 bits per heavy atom. The average molecular weight is 293 g/mol. The second kappa shape index (κ2) is 6.74. The summed E-state index contributed by atoms with van der Waals surface area (Å²) in [6, 6.07) is 1.83. The quantitative estimate of drug-likeness (QED) is 0.745. The lowest BCUT2D eigenvalue weighted by Crippen LogP contribution is -2.40. The van der Waals surface area contributed by atoms with E-state index in [0.717, 1.165) is 4.57 Å². The molecule has 0 spiro atoms. The third kappa shape index (κ3) is 3.72. The summed E-state index contributed by atoms with van der Waals surface area (Å²) in [6.45, 7) is 3.92. The van der Waals surface area contributed by atoms with Crippen LogP contribution in [0.15, 0.2) is 9.59 Å². The van der Waals surface area contributed by atoms with Crippen molar-refractivity contribution in [3.63, 3.8) is 0 Å². The van der Waals surface area contributed by atoms with Gasteiger partial charge >= 0.3 is 5.69 Å². The van der Waals surface area contributed by atoms with Gasteiger partial charge in [-0.15, -0.1) is 0 Å². The van der Waals surface area contributed by atoms with E-state index in [-0.39, 0.29) is 36.3 Å². The Kier molecular flexibility index (Phi) is 5.30. The molecule has 1 heterocycles. The molecule has 0 aliphatic heterocycles. The van der Waals surface area contributed by atoms with E-state index < -0.39 is 11.2 Å². The first-order chi connectivity index (χ1) is 9.79. The van der Waals surface area contributed by atoms with Gasteiger partial charge in [-0.3, -0.25) is 18.7 Å². The van der Waals surface area contributed by atoms with Gasteiger partial charge in [-0.2, -0.15) is 5.26 Å². The first-order valence-electron chi connectivity index (χ1n) is 6.53. The summed E-state index contributed by atoms with van der Waals surface area (Å²) in [5.41, 5.74) is -1.34. The van der Waals surface area contributed by atoms with Crippen molar-refractivity contribution in [2.75, 3.05) is 11.9 Å². The lowest BCUT2D eigenvalue weighted by Gasteiger charge is -2.14. The molecule has 0 aliphatic carbocycles. The summed E-state index contributed by atoms with van der Waals surface area (Å²) >= 11 is 0. The van der Waals surface area contributed by atoms with Gasteiger partial charge in [0.05, 0.1) is 0 Å². The first kappa shape index (κ1) is 16.5. The van der Waals surface area contributed by atoms with Crippen molar-refractivity contribution in [2.45, 2.75) is 26.3 Å². The van der Waals surface area contributed by atoms with E-state index in [0.29, 0.717) is 0 Å². The smallest absolute Gasteiger partial charge is 0.332 e. The minimum Gasteiger partial charge on any atom is -0.370 e. The van der Waals surface area contributed by atoms with Crippen molar-refractivity contribution in [3.8, 4) is 6.07 Å². The Labute approximate surface area is 122 Å². The second-order valence-electron chi connectivity index (χ2n) is 4.94. The molecule has 1 aromatic heterocycles. The van der Waals surface area contributed by atoms with Crippen LogP contribution in [0.1, 0.15) is 25.8 Å². The van der Waals surface area contributed by atoms with E-state index in [1.54, 1.807) is 6.07 Å². The van der Waals surface area contributed by atoms with Gasteiger partial charge in [-0.1, -0.05) is 0 Å². The normalized spacial score (nSPS) is 10.3.